The molecule has 0 saturated carbocycles. The molecule has 4 nitrogen and oxygen atoms in total. The highest BCUT2D eigenvalue weighted by Gasteiger charge is 2.42. The summed E-state index contributed by atoms with van der Waals surface area (Å²) < 4.78 is 170. The Hall–Kier alpha value is -4.11. The van der Waals surface area contributed by atoms with Crippen LogP contribution in [-0.2, 0) is 6.18 Å². The van der Waals surface area contributed by atoms with Gasteiger partial charge in [-0.1, -0.05) is 0 Å². The molecule has 3 aromatic carbocycles. The number of halogens is 12. The predicted molar refractivity (Wildman–Crippen MR) is 102 cm³/mol. The second-order valence-corrected chi connectivity index (χ2v) is 6.79. The Morgan fingerprint density at radius 1 is 0.703 bits per heavy atom. The van der Waals surface area contributed by atoms with Gasteiger partial charge in [-0.2, -0.15) is 27.1 Å². The van der Waals surface area contributed by atoms with E-state index in [4.69, 9.17) is 9.47 Å². The number of benzene rings is 3. The third-order valence-electron chi connectivity index (χ3n) is 4.51. The number of hydrazone groups is 1. The number of hydrogen-bond acceptors (Lipinski definition) is 4. The molecular formula is C21H8F12N2O2. The summed E-state index contributed by atoms with van der Waals surface area (Å²) in [6, 6.07) is 2.86. The summed E-state index contributed by atoms with van der Waals surface area (Å²) in [5, 5.41) is 3.23. The van der Waals surface area contributed by atoms with Gasteiger partial charge in [0.1, 0.15) is 11.3 Å². The average Bonchev–Trinajstić information content (AvgIpc) is 2.84. The van der Waals surface area contributed by atoms with E-state index < -0.39 is 87.0 Å². The van der Waals surface area contributed by atoms with E-state index in [0.29, 0.717) is 6.21 Å². The Balaban J connectivity index is 1.90. The van der Waals surface area contributed by atoms with E-state index >= 15 is 0 Å². The van der Waals surface area contributed by atoms with Crippen molar-refractivity contribution in [2.24, 2.45) is 5.10 Å². The largest absolute Gasteiger partial charge is 0.493 e. The van der Waals surface area contributed by atoms with E-state index in [-0.39, 0.29) is 5.56 Å². The van der Waals surface area contributed by atoms with Gasteiger partial charge in [0.2, 0.25) is 34.8 Å². The van der Waals surface area contributed by atoms with Crippen molar-refractivity contribution in [3.05, 3.63) is 81.7 Å². The summed E-state index contributed by atoms with van der Waals surface area (Å²) in [6.07, 6.45) is -5.04. The molecule has 0 amide bonds. The Labute approximate surface area is 197 Å². The van der Waals surface area contributed by atoms with Crippen LogP contribution in [0.4, 0.5) is 58.4 Å². The molecule has 0 aromatic heterocycles. The SMILES string of the molecule is COc1cc(/C=N\Nc2c(F)c(F)c(C(F)(F)F)c(F)c2F)ccc1Oc1c(F)c(F)c(F)c(F)c1F. The van der Waals surface area contributed by atoms with Crippen molar-refractivity contribution in [1.82, 2.24) is 0 Å². The van der Waals surface area contributed by atoms with E-state index in [1.807, 2.05) is 0 Å². The van der Waals surface area contributed by atoms with Crippen molar-refractivity contribution in [3.8, 4) is 17.2 Å². The topological polar surface area (TPSA) is 42.8 Å². The first-order chi connectivity index (χ1) is 17.2. The fourth-order valence-corrected chi connectivity index (χ4v) is 2.78. The molecule has 0 saturated heterocycles. The van der Waals surface area contributed by atoms with Crippen LogP contribution in [0.25, 0.3) is 0 Å². The second kappa shape index (κ2) is 10.1. The molecule has 0 spiro atoms. The molecule has 3 aromatic rings. The standard InChI is InChI=1S/C21H8F12N2O2/c1-36-8-4-6(2-3-7(8)37-20-17(29)13(25)12(24)14(26)18(20)30)5-34-35-19-15(27)10(22)9(21(31,32)33)11(23)16(19)28/h2-5,35H,1H3/b34-5-. The molecule has 3 rings (SSSR count). The molecular weight excluding hydrogens is 540 g/mol. The van der Waals surface area contributed by atoms with Crippen LogP contribution in [0.1, 0.15) is 11.1 Å². The molecule has 1 N–H and O–H groups in total. The Kier molecular flexibility index (Phi) is 7.50. The van der Waals surface area contributed by atoms with Crippen LogP contribution in [0.3, 0.4) is 0 Å². The van der Waals surface area contributed by atoms with Gasteiger partial charge in [-0.05, 0) is 23.8 Å². The minimum Gasteiger partial charge on any atom is -0.493 e. The highest BCUT2D eigenvalue weighted by molar-refractivity contribution is 5.81. The van der Waals surface area contributed by atoms with Gasteiger partial charge < -0.3 is 9.47 Å². The van der Waals surface area contributed by atoms with Gasteiger partial charge >= 0.3 is 6.18 Å². The van der Waals surface area contributed by atoms with Crippen LogP contribution >= 0.6 is 0 Å². The molecule has 0 atom stereocenters. The molecule has 0 fully saturated rings. The minimum absolute atomic E-state index is 0.0808. The van der Waals surface area contributed by atoms with E-state index in [9.17, 15) is 52.7 Å². The number of alkyl halides is 3. The van der Waals surface area contributed by atoms with Gasteiger partial charge in [0.25, 0.3) is 0 Å². The van der Waals surface area contributed by atoms with E-state index in [0.717, 1.165) is 25.3 Å². The Morgan fingerprint density at radius 2 is 1.22 bits per heavy atom. The van der Waals surface area contributed by atoms with Crippen molar-refractivity contribution >= 4 is 11.9 Å². The van der Waals surface area contributed by atoms with Crippen LogP contribution in [0.2, 0.25) is 0 Å². The normalized spacial score (nSPS) is 11.8. The molecule has 0 aliphatic rings. The lowest BCUT2D eigenvalue weighted by Gasteiger charge is -2.14. The average molecular weight is 548 g/mol. The number of hydrogen-bond donors (Lipinski definition) is 1. The highest BCUT2D eigenvalue weighted by Crippen LogP contribution is 2.39. The van der Waals surface area contributed by atoms with Crippen LogP contribution < -0.4 is 14.9 Å². The molecule has 0 unspecified atom stereocenters. The molecule has 0 heterocycles. The number of methoxy groups -OCH3 is 1. The van der Waals surface area contributed by atoms with Gasteiger partial charge in [-0.15, -0.1) is 0 Å². The number of ether oxygens (including phenoxy) is 2. The van der Waals surface area contributed by atoms with Crippen LogP contribution in [0.15, 0.2) is 23.3 Å². The van der Waals surface area contributed by atoms with Gasteiger partial charge in [0.05, 0.1) is 13.3 Å². The molecule has 0 bridgehead atoms. The fraction of sp³-hybridized carbons (Fsp3) is 0.0952. The van der Waals surface area contributed by atoms with Gasteiger partial charge in [0, 0.05) is 0 Å². The number of nitrogens with zero attached hydrogens (tertiary/aromatic N) is 1. The monoisotopic (exact) mass is 548 g/mol. The summed E-state index contributed by atoms with van der Waals surface area (Å²) in [7, 11) is 0.998. The molecule has 0 aliphatic heterocycles. The van der Waals surface area contributed by atoms with Crippen molar-refractivity contribution < 1.29 is 62.2 Å². The molecule has 198 valence electrons. The maximum Gasteiger partial charge on any atom is 0.422 e. The van der Waals surface area contributed by atoms with Gasteiger partial charge in [-0.25, -0.2) is 30.7 Å². The second-order valence-electron chi connectivity index (χ2n) is 6.79. The first-order valence-electron chi connectivity index (χ1n) is 9.30. The number of nitrogens with one attached hydrogen (secondary N) is 1. The smallest absolute Gasteiger partial charge is 0.422 e. The molecule has 16 heteroatoms. The summed E-state index contributed by atoms with van der Waals surface area (Å²) in [5.74, 6) is -24.5. The lowest BCUT2D eigenvalue weighted by molar-refractivity contribution is -0.143. The summed E-state index contributed by atoms with van der Waals surface area (Å²) in [4.78, 5) is 0. The lowest BCUT2D eigenvalue weighted by Crippen LogP contribution is -2.16. The van der Waals surface area contributed by atoms with E-state index in [1.54, 1.807) is 0 Å². The zero-order chi connectivity index (χ0) is 27.8. The van der Waals surface area contributed by atoms with Crippen LogP contribution in [-0.4, -0.2) is 13.3 Å². The van der Waals surface area contributed by atoms with E-state index in [1.165, 1.54) is 5.43 Å². The fourth-order valence-electron chi connectivity index (χ4n) is 2.78. The maximum absolute atomic E-state index is 13.9. The number of anilines is 1. The molecule has 37 heavy (non-hydrogen) atoms. The maximum atomic E-state index is 13.9. The zero-order valence-electron chi connectivity index (χ0n) is 17.6. The van der Waals surface area contributed by atoms with Gasteiger partial charge in [-0.3, -0.25) is 5.43 Å². The van der Waals surface area contributed by atoms with Crippen molar-refractivity contribution in [2.45, 2.75) is 6.18 Å². The van der Waals surface area contributed by atoms with Crippen molar-refractivity contribution in [1.29, 1.82) is 0 Å². The minimum atomic E-state index is -5.74. The first kappa shape index (κ1) is 27.5. The molecule has 0 radical (unpaired) electrons. The van der Waals surface area contributed by atoms with E-state index in [2.05, 4.69) is 5.10 Å². The summed E-state index contributed by atoms with van der Waals surface area (Å²) in [5.41, 5.74) is -3.07. The Bertz CT molecular complexity index is 1350. The molecule has 0 aliphatic carbocycles. The lowest BCUT2D eigenvalue weighted by atomic mass is 10.1. The van der Waals surface area contributed by atoms with Crippen LogP contribution in [0.5, 0.6) is 17.2 Å². The van der Waals surface area contributed by atoms with Crippen LogP contribution in [0, 0.1) is 52.4 Å². The quantitative estimate of drug-likeness (QED) is 0.117. The zero-order valence-corrected chi connectivity index (χ0v) is 17.6. The number of rotatable bonds is 6. The van der Waals surface area contributed by atoms with Crippen molar-refractivity contribution in [2.75, 3.05) is 12.5 Å². The summed E-state index contributed by atoms with van der Waals surface area (Å²) in [6.45, 7) is 0. The van der Waals surface area contributed by atoms with Crippen molar-refractivity contribution in [3.63, 3.8) is 0 Å². The highest BCUT2D eigenvalue weighted by atomic mass is 19.4. The van der Waals surface area contributed by atoms with Gasteiger partial charge in [0.15, 0.2) is 34.8 Å². The predicted octanol–water partition coefficient (Wildman–Crippen LogP) is 7.20. The first-order valence-corrected chi connectivity index (χ1v) is 9.30. The third-order valence-corrected chi connectivity index (χ3v) is 4.51. The third kappa shape index (κ3) is 5.08. The summed E-state index contributed by atoms with van der Waals surface area (Å²) >= 11 is 0. The Morgan fingerprint density at radius 3 is 1.70 bits per heavy atom.